The topological polar surface area (TPSA) is 49.9 Å². The molecule has 22 heavy (non-hydrogen) atoms. The lowest BCUT2D eigenvalue weighted by molar-refractivity contribution is -0.153. The molecule has 3 fully saturated rings. The number of rotatable bonds is 4. The van der Waals surface area contributed by atoms with E-state index in [4.69, 9.17) is 4.74 Å². The van der Waals surface area contributed by atoms with Crippen molar-refractivity contribution in [1.29, 1.82) is 0 Å². The van der Waals surface area contributed by atoms with E-state index in [2.05, 4.69) is 6.92 Å². The van der Waals surface area contributed by atoms with Crippen molar-refractivity contribution in [3.63, 3.8) is 0 Å². The summed E-state index contributed by atoms with van der Waals surface area (Å²) in [5.74, 6) is 1.43. The van der Waals surface area contributed by atoms with E-state index in [0.717, 1.165) is 51.7 Å². The Hall–Kier alpha value is -1.10. The first-order valence-electron chi connectivity index (χ1n) is 8.64. The fourth-order valence-corrected chi connectivity index (χ4v) is 4.09. The third kappa shape index (κ3) is 2.87. The highest BCUT2D eigenvalue weighted by atomic mass is 16.5. The van der Waals surface area contributed by atoms with Gasteiger partial charge in [0.2, 0.25) is 11.8 Å². The summed E-state index contributed by atoms with van der Waals surface area (Å²) in [6, 6.07) is 0. The number of hydrogen-bond donors (Lipinski definition) is 0. The first kappa shape index (κ1) is 15.8. The highest BCUT2D eigenvalue weighted by Crippen LogP contribution is 2.43. The number of likely N-dealkylation sites (tertiary alicyclic amines) is 2. The molecule has 2 atom stereocenters. The number of carbonyl (C=O) groups excluding carboxylic acids is 2. The van der Waals surface area contributed by atoms with Crippen molar-refractivity contribution in [2.24, 2.45) is 17.3 Å². The molecule has 0 unspecified atom stereocenters. The van der Waals surface area contributed by atoms with Crippen LogP contribution in [0.5, 0.6) is 0 Å². The van der Waals surface area contributed by atoms with E-state index < -0.39 is 0 Å². The predicted molar refractivity (Wildman–Crippen MR) is 83.2 cm³/mol. The van der Waals surface area contributed by atoms with Gasteiger partial charge in [0.25, 0.3) is 0 Å². The van der Waals surface area contributed by atoms with Crippen LogP contribution in [-0.4, -0.2) is 61.5 Å². The maximum absolute atomic E-state index is 12.8. The average Bonchev–Trinajstić information content (AvgIpc) is 3.26. The maximum Gasteiger partial charge on any atom is 0.229 e. The molecular weight excluding hydrogens is 280 g/mol. The Labute approximate surface area is 133 Å². The van der Waals surface area contributed by atoms with Gasteiger partial charge < -0.3 is 14.5 Å². The zero-order valence-electron chi connectivity index (χ0n) is 13.8. The van der Waals surface area contributed by atoms with E-state index in [0.29, 0.717) is 30.9 Å². The van der Waals surface area contributed by atoms with E-state index in [1.807, 2.05) is 9.80 Å². The minimum Gasteiger partial charge on any atom is -0.383 e. The molecule has 1 spiro atoms. The Morgan fingerprint density at radius 2 is 1.95 bits per heavy atom. The smallest absolute Gasteiger partial charge is 0.229 e. The molecule has 0 aromatic carbocycles. The van der Waals surface area contributed by atoms with Gasteiger partial charge in [0.1, 0.15) is 0 Å². The van der Waals surface area contributed by atoms with Crippen molar-refractivity contribution in [2.45, 2.75) is 39.0 Å². The van der Waals surface area contributed by atoms with Crippen molar-refractivity contribution in [2.75, 3.05) is 39.9 Å². The minimum absolute atomic E-state index is 0.210. The number of nitrogens with zero attached hydrogens (tertiary/aromatic N) is 2. The number of ether oxygens (including phenoxy) is 1. The van der Waals surface area contributed by atoms with E-state index >= 15 is 0 Å². The molecule has 3 rings (SSSR count). The largest absolute Gasteiger partial charge is 0.383 e. The number of carbonyl (C=O) groups is 2. The summed E-state index contributed by atoms with van der Waals surface area (Å²) in [6.45, 7) is 5.81. The molecule has 0 aromatic heterocycles. The first-order valence-corrected chi connectivity index (χ1v) is 8.64. The molecule has 1 aliphatic carbocycles. The van der Waals surface area contributed by atoms with Crippen LogP contribution in [0.1, 0.15) is 39.0 Å². The van der Waals surface area contributed by atoms with Crippen LogP contribution in [0.3, 0.4) is 0 Å². The molecule has 0 aromatic rings. The third-order valence-corrected chi connectivity index (χ3v) is 5.85. The number of amides is 2. The lowest BCUT2D eigenvalue weighted by Crippen LogP contribution is -2.55. The SMILES string of the molecule is COCCN1CCCC2(CCN(C(=O)[C@H]3C[C@H]3C)CC2)C1=O. The van der Waals surface area contributed by atoms with Crippen LogP contribution in [0.15, 0.2) is 0 Å². The zero-order valence-corrected chi connectivity index (χ0v) is 13.8. The Balaban J connectivity index is 1.58. The summed E-state index contributed by atoms with van der Waals surface area (Å²) in [6.07, 6.45) is 4.77. The molecule has 5 heteroatoms. The summed E-state index contributed by atoms with van der Waals surface area (Å²) in [7, 11) is 1.67. The van der Waals surface area contributed by atoms with Crippen LogP contribution in [0.25, 0.3) is 0 Å². The van der Waals surface area contributed by atoms with E-state index in [1.165, 1.54) is 0 Å². The Morgan fingerprint density at radius 3 is 2.55 bits per heavy atom. The predicted octanol–water partition coefficient (Wildman–Crippen LogP) is 1.52. The van der Waals surface area contributed by atoms with Gasteiger partial charge in [-0.1, -0.05) is 6.92 Å². The van der Waals surface area contributed by atoms with Crippen molar-refractivity contribution < 1.29 is 14.3 Å². The summed E-state index contributed by atoms with van der Waals surface area (Å²) in [5, 5.41) is 0. The standard InChI is InChI=1S/C17H28N2O3/c1-13-12-14(13)15(20)18-8-5-17(6-9-18)4-3-7-19(16(17)21)10-11-22-2/h13-14H,3-12H2,1-2H3/t13-,14+/m1/s1. The van der Waals surface area contributed by atoms with E-state index in [9.17, 15) is 9.59 Å². The van der Waals surface area contributed by atoms with Crippen LogP contribution in [-0.2, 0) is 14.3 Å². The third-order valence-electron chi connectivity index (χ3n) is 5.85. The fourth-order valence-electron chi connectivity index (χ4n) is 4.09. The molecule has 0 bridgehead atoms. The average molecular weight is 308 g/mol. The van der Waals surface area contributed by atoms with Gasteiger partial charge in [-0.15, -0.1) is 0 Å². The first-order chi connectivity index (χ1) is 10.6. The van der Waals surface area contributed by atoms with Crippen LogP contribution >= 0.6 is 0 Å². The van der Waals surface area contributed by atoms with Gasteiger partial charge in [0.15, 0.2) is 0 Å². The monoisotopic (exact) mass is 308 g/mol. The Bertz CT molecular complexity index is 443. The Kier molecular flexibility index (Phi) is 4.44. The highest BCUT2D eigenvalue weighted by molar-refractivity contribution is 5.85. The van der Waals surface area contributed by atoms with Gasteiger partial charge in [-0.25, -0.2) is 0 Å². The van der Waals surface area contributed by atoms with Gasteiger partial charge in [-0.3, -0.25) is 9.59 Å². The molecule has 0 N–H and O–H groups in total. The van der Waals surface area contributed by atoms with Gasteiger partial charge in [0, 0.05) is 39.2 Å². The van der Waals surface area contributed by atoms with Crippen LogP contribution < -0.4 is 0 Å². The lowest BCUT2D eigenvalue weighted by Gasteiger charge is -2.46. The van der Waals surface area contributed by atoms with Crippen LogP contribution in [0.4, 0.5) is 0 Å². The molecular formula is C17H28N2O3. The second-order valence-corrected chi connectivity index (χ2v) is 7.31. The highest BCUT2D eigenvalue weighted by Gasteiger charge is 2.48. The van der Waals surface area contributed by atoms with E-state index in [1.54, 1.807) is 7.11 Å². The summed E-state index contributed by atoms with van der Waals surface area (Å²) < 4.78 is 5.11. The molecule has 5 nitrogen and oxygen atoms in total. The normalized spacial score (nSPS) is 30.7. The van der Waals surface area contributed by atoms with Crippen molar-refractivity contribution in [3.8, 4) is 0 Å². The molecule has 2 amide bonds. The van der Waals surface area contributed by atoms with Crippen molar-refractivity contribution in [1.82, 2.24) is 9.80 Å². The number of hydrogen-bond acceptors (Lipinski definition) is 3. The molecule has 2 heterocycles. The molecule has 2 aliphatic heterocycles. The Morgan fingerprint density at radius 1 is 1.27 bits per heavy atom. The fraction of sp³-hybridized carbons (Fsp3) is 0.882. The van der Waals surface area contributed by atoms with Crippen LogP contribution in [0, 0.1) is 17.3 Å². The van der Waals surface area contributed by atoms with Gasteiger partial charge in [-0.2, -0.15) is 0 Å². The summed E-state index contributed by atoms with van der Waals surface area (Å²) >= 11 is 0. The maximum atomic E-state index is 12.8. The van der Waals surface area contributed by atoms with Gasteiger partial charge in [-0.05, 0) is 38.0 Å². The second kappa shape index (κ2) is 6.19. The van der Waals surface area contributed by atoms with Crippen molar-refractivity contribution in [3.05, 3.63) is 0 Å². The molecule has 0 radical (unpaired) electrons. The molecule has 3 aliphatic rings. The lowest BCUT2D eigenvalue weighted by atomic mass is 9.71. The minimum atomic E-state index is -0.210. The number of piperidine rings is 2. The van der Waals surface area contributed by atoms with Gasteiger partial charge >= 0.3 is 0 Å². The molecule has 1 saturated carbocycles. The van der Waals surface area contributed by atoms with Crippen molar-refractivity contribution >= 4 is 11.8 Å². The number of methoxy groups -OCH3 is 1. The summed E-state index contributed by atoms with van der Waals surface area (Å²) in [5.41, 5.74) is -0.210. The zero-order chi connectivity index (χ0) is 15.7. The summed E-state index contributed by atoms with van der Waals surface area (Å²) in [4.78, 5) is 29.2. The van der Waals surface area contributed by atoms with E-state index in [-0.39, 0.29) is 11.3 Å². The second-order valence-electron chi connectivity index (χ2n) is 7.31. The molecule has 124 valence electrons. The van der Waals surface area contributed by atoms with Crippen LogP contribution in [0.2, 0.25) is 0 Å². The quantitative estimate of drug-likeness (QED) is 0.791. The molecule has 2 saturated heterocycles. The van der Waals surface area contributed by atoms with Gasteiger partial charge in [0.05, 0.1) is 12.0 Å².